The number of likely N-dealkylation sites (tertiary alicyclic amines) is 1. The van der Waals surface area contributed by atoms with E-state index in [0.29, 0.717) is 5.92 Å². The molecule has 0 unspecified atom stereocenters. The number of nitrogens with zero attached hydrogens (tertiary/aromatic N) is 3. The van der Waals surface area contributed by atoms with Gasteiger partial charge in [0, 0.05) is 36.5 Å². The van der Waals surface area contributed by atoms with Crippen LogP contribution in [0.2, 0.25) is 0 Å². The molecule has 1 amide bonds. The summed E-state index contributed by atoms with van der Waals surface area (Å²) >= 11 is 0. The van der Waals surface area contributed by atoms with E-state index >= 15 is 0 Å². The van der Waals surface area contributed by atoms with Crippen LogP contribution in [0.5, 0.6) is 0 Å². The maximum absolute atomic E-state index is 12.9. The van der Waals surface area contributed by atoms with Crippen LogP contribution in [0.4, 0.5) is 0 Å². The lowest BCUT2D eigenvalue weighted by Crippen LogP contribution is -2.39. The van der Waals surface area contributed by atoms with Crippen molar-refractivity contribution in [3.63, 3.8) is 0 Å². The van der Waals surface area contributed by atoms with Crippen LogP contribution in [0.25, 0.3) is 0 Å². The van der Waals surface area contributed by atoms with Crippen LogP contribution < -0.4 is 0 Å². The van der Waals surface area contributed by atoms with Crippen molar-refractivity contribution >= 4 is 5.91 Å². The van der Waals surface area contributed by atoms with E-state index in [1.807, 2.05) is 17.0 Å². The maximum Gasteiger partial charge on any atom is 0.253 e. The molecule has 0 radical (unpaired) electrons. The summed E-state index contributed by atoms with van der Waals surface area (Å²) in [6, 6.07) is 8.22. The number of carbonyl (C=O) groups is 1. The van der Waals surface area contributed by atoms with Gasteiger partial charge in [-0.25, -0.2) is 9.97 Å². The molecule has 0 spiro atoms. The first-order chi connectivity index (χ1) is 11.3. The molecule has 2 heterocycles. The third kappa shape index (κ3) is 2.85. The molecular formula is C19H21N3O. The Morgan fingerprint density at radius 1 is 1.13 bits per heavy atom. The van der Waals surface area contributed by atoms with Crippen molar-refractivity contribution in [3.05, 3.63) is 59.2 Å². The average Bonchev–Trinajstić information content (AvgIpc) is 3.09. The molecule has 1 aromatic carbocycles. The zero-order valence-electron chi connectivity index (χ0n) is 13.2. The summed E-state index contributed by atoms with van der Waals surface area (Å²) in [5.74, 6) is 0.489. The first-order valence-corrected chi connectivity index (χ1v) is 8.48. The van der Waals surface area contributed by atoms with Crippen molar-refractivity contribution in [2.24, 2.45) is 0 Å². The first kappa shape index (κ1) is 14.4. The molecule has 2 aromatic rings. The molecule has 2 aliphatic rings. The van der Waals surface area contributed by atoms with Crippen molar-refractivity contribution in [2.75, 3.05) is 13.1 Å². The van der Waals surface area contributed by atoms with E-state index in [0.717, 1.165) is 50.0 Å². The van der Waals surface area contributed by atoms with E-state index < -0.39 is 0 Å². The fourth-order valence-corrected chi connectivity index (χ4v) is 3.83. The lowest BCUT2D eigenvalue weighted by molar-refractivity contribution is 0.0706. The molecular weight excluding hydrogens is 286 g/mol. The number of fused-ring (bicyclic) bond motifs is 1. The normalized spacial score (nSPS) is 20.3. The van der Waals surface area contributed by atoms with Crippen LogP contribution in [-0.2, 0) is 12.8 Å². The maximum atomic E-state index is 12.9. The zero-order valence-corrected chi connectivity index (χ0v) is 13.2. The van der Waals surface area contributed by atoms with E-state index in [1.165, 1.54) is 17.5 Å². The Labute approximate surface area is 136 Å². The fraction of sp³-hybridized carbons (Fsp3) is 0.421. The van der Waals surface area contributed by atoms with Crippen LogP contribution in [0.15, 0.2) is 36.8 Å². The molecule has 1 saturated heterocycles. The third-order valence-electron chi connectivity index (χ3n) is 5.08. The van der Waals surface area contributed by atoms with E-state index in [-0.39, 0.29) is 5.91 Å². The Balaban J connectivity index is 1.52. The summed E-state index contributed by atoms with van der Waals surface area (Å²) in [6.45, 7) is 1.60. The molecule has 23 heavy (non-hydrogen) atoms. The van der Waals surface area contributed by atoms with Crippen molar-refractivity contribution in [2.45, 2.75) is 38.0 Å². The second-order valence-corrected chi connectivity index (χ2v) is 6.56. The van der Waals surface area contributed by atoms with Gasteiger partial charge in [-0.1, -0.05) is 6.07 Å². The summed E-state index contributed by atoms with van der Waals surface area (Å²) in [4.78, 5) is 23.2. The summed E-state index contributed by atoms with van der Waals surface area (Å²) in [5.41, 5.74) is 4.67. The number of piperidine rings is 1. The van der Waals surface area contributed by atoms with Gasteiger partial charge in [0.2, 0.25) is 0 Å². The Bertz CT molecular complexity index is 714. The molecule has 1 aliphatic carbocycles. The van der Waals surface area contributed by atoms with Gasteiger partial charge < -0.3 is 4.90 Å². The van der Waals surface area contributed by atoms with Crippen molar-refractivity contribution in [1.29, 1.82) is 0 Å². The highest BCUT2D eigenvalue weighted by Gasteiger charge is 2.26. The minimum Gasteiger partial charge on any atom is -0.338 e. The lowest BCUT2D eigenvalue weighted by Gasteiger charge is -2.32. The molecule has 4 nitrogen and oxygen atoms in total. The number of amides is 1. The molecule has 1 atom stereocenters. The minimum atomic E-state index is 0.165. The zero-order chi connectivity index (χ0) is 15.6. The molecule has 1 aromatic heterocycles. The van der Waals surface area contributed by atoms with Gasteiger partial charge in [-0.05, 0) is 61.4 Å². The van der Waals surface area contributed by atoms with Crippen LogP contribution in [0.1, 0.15) is 52.4 Å². The fourth-order valence-electron chi connectivity index (χ4n) is 3.83. The monoisotopic (exact) mass is 307 g/mol. The smallest absolute Gasteiger partial charge is 0.253 e. The minimum absolute atomic E-state index is 0.165. The van der Waals surface area contributed by atoms with Gasteiger partial charge in [-0.3, -0.25) is 4.79 Å². The van der Waals surface area contributed by atoms with E-state index in [9.17, 15) is 4.79 Å². The molecule has 0 saturated carbocycles. The van der Waals surface area contributed by atoms with Crippen LogP contribution >= 0.6 is 0 Å². The van der Waals surface area contributed by atoms with Gasteiger partial charge in [-0.2, -0.15) is 0 Å². The molecule has 0 bridgehead atoms. The van der Waals surface area contributed by atoms with Crippen molar-refractivity contribution in [3.8, 4) is 0 Å². The predicted molar refractivity (Wildman–Crippen MR) is 88.4 cm³/mol. The summed E-state index contributed by atoms with van der Waals surface area (Å²) in [7, 11) is 0. The molecule has 1 fully saturated rings. The van der Waals surface area contributed by atoms with Gasteiger partial charge in [0.25, 0.3) is 5.91 Å². The van der Waals surface area contributed by atoms with Gasteiger partial charge >= 0.3 is 0 Å². The Hall–Kier alpha value is -2.23. The predicted octanol–water partition coefficient (Wildman–Crippen LogP) is 2.99. The lowest BCUT2D eigenvalue weighted by atomic mass is 9.94. The topological polar surface area (TPSA) is 46.1 Å². The van der Waals surface area contributed by atoms with E-state index in [4.69, 9.17) is 0 Å². The van der Waals surface area contributed by atoms with Crippen molar-refractivity contribution in [1.82, 2.24) is 14.9 Å². The van der Waals surface area contributed by atoms with Gasteiger partial charge in [-0.15, -0.1) is 0 Å². The molecule has 4 rings (SSSR count). The third-order valence-corrected chi connectivity index (χ3v) is 5.08. The second-order valence-electron chi connectivity index (χ2n) is 6.56. The average molecular weight is 307 g/mol. The van der Waals surface area contributed by atoms with Crippen molar-refractivity contribution < 1.29 is 4.79 Å². The highest BCUT2D eigenvalue weighted by molar-refractivity contribution is 5.94. The van der Waals surface area contributed by atoms with Gasteiger partial charge in [0.1, 0.15) is 6.33 Å². The standard InChI is InChI=1S/C19H21N3O/c23-19(16-7-6-14-3-1-4-15(14)11-16)22-10-2-5-17(12-22)18-8-9-20-13-21-18/h6-9,11,13,17H,1-5,10,12H2/t17-/m0/s1. The van der Waals surface area contributed by atoms with Crippen LogP contribution in [-0.4, -0.2) is 33.9 Å². The molecule has 4 heteroatoms. The summed E-state index contributed by atoms with van der Waals surface area (Å²) in [6.07, 6.45) is 8.98. The summed E-state index contributed by atoms with van der Waals surface area (Å²) < 4.78 is 0. The highest BCUT2D eigenvalue weighted by atomic mass is 16.2. The highest BCUT2D eigenvalue weighted by Crippen LogP contribution is 2.27. The Morgan fingerprint density at radius 3 is 2.91 bits per heavy atom. The van der Waals surface area contributed by atoms with E-state index in [1.54, 1.807) is 12.5 Å². The Kier molecular flexibility index (Phi) is 3.82. The number of hydrogen-bond donors (Lipinski definition) is 0. The SMILES string of the molecule is O=C(c1ccc2c(c1)CCC2)N1CCC[C@H](c2ccncn2)C1. The van der Waals surface area contributed by atoms with Gasteiger partial charge in [0.15, 0.2) is 0 Å². The van der Waals surface area contributed by atoms with Crippen LogP contribution in [0, 0.1) is 0 Å². The number of rotatable bonds is 2. The number of hydrogen-bond acceptors (Lipinski definition) is 3. The largest absolute Gasteiger partial charge is 0.338 e. The molecule has 0 N–H and O–H groups in total. The molecule has 118 valence electrons. The van der Waals surface area contributed by atoms with E-state index in [2.05, 4.69) is 22.1 Å². The number of aryl methyl sites for hydroxylation is 2. The Morgan fingerprint density at radius 2 is 2.04 bits per heavy atom. The van der Waals surface area contributed by atoms with Crippen LogP contribution in [0.3, 0.4) is 0 Å². The summed E-state index contributed by atoms with van der Waals surface area (Å²) in [5, 5.41) is 0. The van der Waals surface area contributed by atoms with Gasteiger partial charge in [0.05, 0.1) is 0 Å². The first-order valence-electron chi connectivity index (χ1n) is 8.48. The number of aromatic nitrogens is 2. The molecule has 1 aliphatic heterocycles. The second kappa shape index (κ2) is 6.11. The number of carbonyl (C=O) groups excluding carboxylic acids is 1. The number of benzene rings is 1. The quantitative estimate of drug-likeness (QED) is 0.857.